The van der Waals surface area contributed by atoms with E-state index < -0.39 is 5.82 Å². The highest BCUT2D eigenvalue weighted by molar-refractivity contribution is 6.30. The number of benzene rings is 2. The number of aromatic nitrogens is 3. The van der Waals surface area contributed by atoms with Crippen molar-refractivity contribution in [3.63, 3.8) is 0 Å². The highest BCUT2D eigenvalue weighted by Crippen LogP contribution is 2.30. The first kappa shape index (κ1) is 13.6. The van der Waals surface area contributed by atoms with E-state index in [4.69, 9.17) is 17.3 Å². The maximum Gasteiger partial charge on any atom is 0.156 e. The SMILES string of the molecule is Cc1ccc(Cl)cc1-c1nnn(-c2ccccc2F)c1N. The van der Waals surface area contributed by atoms with Gasteiger partial charge in [0.25, 0.3) is 0 Å². The lowest BCUT2D eigenvalue weighted by Crippen LogP contribution is -2.04. The van der Waals surface area contributed by atoms with Crippen LogP contribution >= 0.6 is 11.6 Å². The number of anilines is 1. The maximum atomic E-state index is 13.8. The normalized spacial score (nSPS) is 10.8. The standard InChI is InChI=1S/C15H12ClFN4/c1-9-6-7-10(16)8-11(9)14-15(18)21(20-19-14)13-5-3-2-4-12(13)17/h2-8H,18H2,1H3. The molecule has 0 atom stereocenters. The number of nitrogens with two attached hydrogens (primary N) is 1. The van der Waals surface area contributed by atoms with Crippen LogP contribution in [0.4, 0.5) is 10.2 Å². The van der Waals surface area contributed by atoms with E-state index in [1.165, 1.54) is 10.7 Å². The van der Waals surface area contributed by atoms with Crippen LogP contribution in [0.15, 0.2) is 42.5 Å². The second kappa shape index (κ2) is 5.18. The summed E-state index contributed by atoms with van der Waals surface area (Å²) < 4.78 is 15.1. The highest BCUT2D eigenvalue weighted by Gasteiger charge is 2.16. The number of para-hydroxylation sites is 1. The predicted octanol–water partition coefficient (Wildman–Crippen LogP) is 3.62. The molecule has 0 aliphatic carbocycles. The molecule has 0 aliphatic rings. The third-order valence-electron chi connectivity index (χ3n) is 3.24. The molecule has 0 bridgehead atoms. The van der Waals surface area contributed by atoms with E-state index in [9.17, 15) is 4.39 Å². The zero-order valence-electron chi connectivity index (χ0n) is 11.2. The Morgan fingerprint density at radius 3 is 2.71 bits per heavy atom. The van der Waals surface area contributed by atoms with E-state index in [1.807, 2.05) is 13.0 Å². The lowest BCUT2D eigenvalue weighted by atomic mass is 10.1. The van der Waals surface area contributed by atoms with Gasteiger partial charge < -0.3 is 5.73 Å². The summed E-state index contributed by atoms with van der Waals surface area (Å²) >= 11 is 6.01. The molecule has 1 aromatic heterocycles. The van der Waals surface area contributed by atoms with Crippen molar-refractivity contribution < 1.29 is 4.39 Å². The Balaban J connectivity index is 2.16. The molecule has 21 heavy (non-hydrogen) atoms. The van der Waals surface area contributed by atoms with Gasteiger partial charge in [0, 0.05) is 10.6 Å². The van der Waals surface area contributed by atoms with Gasteiger partial charge in [-0.15, -0.1) is 5.10 Å². The topological polar surface area (TPSA) is 56.7 Å². The average Bonchev–Trinajstić information content (AvgIpc) is 2.84. The van der Waals surface area contributed by atoms with Gasteiger partial charge in [0.1, 0.15) is 17.2 Å². The van der Waals surface area contributed by atoms with Crippen LogP contribution in [0.5, 0.6) is 0 Å². The van der Waals surface area contributed by atoms with Crippen LogP contribution < -0.4 is 5.73 Å². The predicted molar refractivity (Wildman–Crippen MR) is 80.9 cm³/mol. The molecule has 3 aromatic rings. The van der Waals surface area contributed by atoms with E-state index in [2.05, 4.69) is 10.3 Å². The first-order valence-corrected chi connectivity index (χ1v) is 6.68. The Hall–Kier alpha value is -2.40. The molecule has 0 saturated heterocycles. The lowest BCUT2D eigenvalue weighted by molar-refractivity contribution is 0.608. The maximum absolute atomic E-state index is 13.8. The van der Waals surface area contributed by atoms with Crippen molar-refractivity contribution in [1.29, 1.82) is 0 Å². The number of hydrogen-bond donors (Lipinski definition) is 1. The molecule has 1 heterocycles. The van der Waals surface area contributed by atoms with Crippen LogP contribution in [0.2, 0.25) is 5.02 Å². The van der Waals surface area contributed by atoms with Gasteiger partial charge in [-0.2, -0.15) is 4.68 Å². The zero-order chi connectivity index (χ0) is 15.0. The molecule has 0 saturated carbocycles. The molecule has 0 radical (unpaired) electrons. The monoisotopic (exact) mass is 302 g/mol. The Kier molecular flexibility index (Phi) is 3.35. The van der Waals surface area contributed by atoms with Crippen LogP contribution in [-0.4, -0.2) is 15.0 Å². The smallest absolute Gasteiger partial charge is 0.156 e. The fourth-order valence-electron chi connectivity index (χ4n) is 2.13. The summed E-state index contributed by atoms with van der Waals surface area (Å²) in [6.07, 6.45) is 0. The summed E-state index contributed by atoms with van der Waals surface area (Å²) in [7, 11) is 0. The van der Waals surface area contributed by atoms with E-state index >= 15 is 0 Å². The fourth-order valence-corrected chi connectivity index (χ4v) is 2.30. The summed E-state index contributed by atoms with van der Waals surface area (Å²) in [6, 6.07) is 11.7. The average molecular weight is 303 g/mol. The fraction of sp³-hybridized carbons (Fsp3) is 0.0667. The van der Waals surface area contributed by atoms with Crippen LogP contribution in [0.1, 0.15) is 5.56 Å². The molecule has 3 rings (SSSR count). The quantitative estimate of drug-likeness (QED) is 0.786. The highest BCUT2D eigenvalue weighted by atomic mass is 35.5. The second-order valence-corrected chi connectivity index (χ2v) is 5.08. The molecule has 2 N–H and O–H groups in total. The third-order valence-corrected chi connectivity index (χ3v) is 3.48. The number of aryl methyl sites for hydroxylation is 1. The number of nitrogens with zero attached hydrogens (tertiary/aromatic N) is 3. The Labute approximate surface area is 126 Å². The molecule has 0 spiro atoms. The summed E-state index contributed by atoms with van der Waals surface area (Å²) in [5, 5.41) is 8.60. The van der Waals surface area contributed by atoms with Crippen molar-refractivity contribution in [3.8, 4) is 16.9 Å². The minimum absolute atomic E-state index is 0.258. The van der Waals surface area contributed by atoms with Gasteiger partial charge in [-0.05, 0) is 36.8 Å². The summed E-state index contributed by atoms with van der Waals surface area (Å²) in [6.45, 7) is 1.92. The van der Waals surface area contributed by atoms with Gasteiger partial charge >= 0.3 is 0 Å². The molecular weight excluding hydrogens is 291 g/mol. The molecule has 0 unspecified atom stereocenters. The molecular formula is C15H12ClFN4. The van der Waals surface area contributed by atoms with Gasteiger partial charge in [0.15, 0.2) is 5.82 Å². The van der Waals surface area contributed by atoms with E-state index in [1.54, 1.807) is 30.3 Å². The molecule has 0 aliphatic heterocycles. The molecule has 0 fully saturated rings. The largest absolute Gasteiger partial charge is 0.382 e. The van der Waals surface area contributed by atoms with Gasteiger partial charge in [-0.3, -0.25) is 0 Å². The number of halogens is 2. The molecule has 4 nitrogen and oxygen atoms in total. The lowest BCUT2D eigenvalue weighted by Gasteiger charge is -2.06. The van der Waals surface area contributed by atoms with Gasteiger partial charge in [0.2, 0.25) is 0 Å². The van der Waals surface area contributed by atoms with E-state index in [0.29, 0.717) is 10.7 Å². The number of nitrogen functional groups attached to an aromatic ring is 1. The van der Waals surface area contributed by atoms with Crippen molar-refractivity contribution in [1.82, 2.24) is 15.0 Å². The first-order valence-electron chi connectivity index (χ1n) is 6.30. The minimum Gasteiger partial charge on any atom is -0.382 e. The Morgan fingerprint density at radius 2 is 1.95 bits per heavy atom. The zero-order valence-corrected chi connectivity index (χ0v) is 12.0. The first-order chi connectivity index (χ1) is 10.1. The van der Waals surface area contributed by atoms with Crippen LogP contribution in [-0.2, 0) is 0 Å². The summed E-state index contributed by atoms with van der Waals surface area (Å²) in [5.41, 5.74) is 8.57. The summed E-state index contributed by atoms with van der Waals surface area (Å²) in [4.78, 5) is 0. The van der Waals surface area contributed by atoms with Crippen molar-refractivity contribution in [2.75, 3.05) is 5.73 Å². The molecule has 6 heteroatoms. The van der Waals surface area contributed by atoms with Crippen LogP contribution in [0, 0.1) is 12.7 Å². The second-order valence-electron chi connectivity index (χ2n) is 4.65. The Morgan fingerprint density at radius 1 is 1.19 bits per heavy atom. The minimum atomic E-state index is -0.413. The molecule has 0 amide bonds. The third kappa shape index (κ3) is 2.36. The summed E-state index contributed by atoms with van der Waals surface area (Å²) in [5.74, 6) is -0.145. The van der Waals surface area contributed by atoms with Crippen molar-refractivity contribution in [2.24, 2.45) is 0 Å². The van der Waals surface area contributed by atoms with Crippen molar-refractivity contribution >= 4 is 17.4 Å². The van der Waals surface area contributed by atoms with E-state index in [-0.39, 0.29) is 11.5 Å². The van der Waals surface area contributed by atoms with Crippen LogP contribution in [0.3, 0.4) is 0 Å². The van der Waals surface area contributed by atoms with E-state index in [0.717, 1.165) is 11.1 Å². The van der Waals surface area contributed by atoms with Gasteiger partial charge in [-0.1, -0.05) is 35.0 Å². The number of rotatable bonds is 2. The van der Waals surface area contributed by atoms with Gasteiger partial charge in [-0.25, -0.2) is 4.39 Å². The van der Waals surface area contributed by atoms with Crippen LogP contribution in [0.25, 0.3) is 16.9 Å². The van der Waals surface area contributed by atoms with Crippen molar-refractivity contribution in [3.05, 3.63) is 58.9 Å². The Bertz CT molecular complexity index is 813. The van der Waals surface area contributed by atoms with Gasteiger partial charge in [0.05, 0.1) is 0 Å². The molecule has 106 valence electrons. The molecule has 2 aromatic carbocycles. The van der Waals surface area contributed by atoms with Crippen molar-refractivity contribution in [2.45, 2.75) is 6.92 Å². The number of hydrogen-bond acceptors (Lipinski definition) is 3.